The van der Waals surface area contributed by atoms with Crippen LogP contribution in [0.15, 0.2) is 67.5 Å². The first-order chi connectivity index (χ1) is 14.6. The van der Waals surface area contributed by atoms with Crippen molar-refractivity contribution < 1.29 is 14.9 Å². The third-order valence-corrected chi connectivity index (χ3v) is 5.74. The van der Waals surface area contributed by atoms with Crippen LogP contribution in [-0.2, 0) is 0 Å². The quantitative estimate of drug-likeness (QED) is 0.262. The summed E-state index contributed by atoms with van der Waals surface area (Å²) in [4.78, 5) is 0. The molecule has 3 aromatic carbocycles. The zero-order valence-corrected chi connectivity index (χ0v) is 18.9. The average molecular weight is 415 g/mol. The lowest BCUT2D eigenvalue weighted by Crippen LogP contribution is -2.10. The van der Waals surface area contributed by atoms with Gasteiger partial charge in [0.1, 0.15) is 23.0 Å². The lowest BCUT2D eigenvalue weighted by molar-refractivity contribution is 0.440. The summed E-state index contributed by atoms with van der Waals surface area (Å²) in [6.07, 6.45) is 1.59. The standard InChI is InChI=1S/C28H30O3/c1-8-21(7)31-27-11-16(2)9-10-22(27)28(23-12-19(5)25(29)14-17(23)3)24-13-20(6)26(30)15-18(24)4/h8-15,28-30H,1,7H2,2-6H3. The molecule has 0 radical (unpaired) electrons. The Labute approximate surface area is 185 Å². The van der Waals surface area contributed by atoms with Crippen molar-refractivity contribution in [1.29, 1.82) is 0 Å². The summed E-state index contributed by atoms with van der Waals surface area (Å²) in [6, 6.07) is 13.8. The molecule has 0 aliphatic carbocycles. The first kappa shape index (κ1) is 22.2. The molecule has 0 aliphatic rings. The molecule has 0 bridgehead atoms. The van der Waals surface area contributed by atoms with Gasteiger partial charge in [-0.05, 0) is 97.8 Å². The van der Waals surface area contributed by atoms with Crippen molar-refractivity contribution in [3.63, 3.8) is 0 Å². The lowest BCUT2D eigenvalue weighted by Gasteiger charge is -2.26. The molecule has 2 N–H and O–H groups in total. The van der Waals surface area contributed by atoms with E-state index in [0.29, 0.717) is 11.5 Å². The molecular weight excluding hydrogens is 384 g/mol. The number of phenols is 2. The number of hydrogen-bond donors (Lipinski definition) is 2. The van der Waals surface area contributed by atoms with Gasteiger partial charge in [0.2, 0.25) is 0 Å². The van der Waals surface area contributed by atoms with E-state index < -0.39 is 0 Å². The van der Waals surface area contributed by atoms with E-state index >= 15 is 0 Å². The molecule has 0 heterocycles. The average Bonchev–Trinajstić information content (AvgIpc) is 2.70. The Hall–Kier alpha value is -3.46. The van der Waals surface area contributed by atoms with Crippen molar-refractivity contribution in [1.82, 2.24) is 0 Å². The number of aromatic hydroxyl groups is 2. The zero-order chi connectivity index (χ0) is 22.9. The molecule has 0 saturated heterocycles. The van der Waals surface area contributed by atoms with E-state index in [-0.39, 0.29) is 17.4 Å². The predicted molar refractivity (Wildman–Crippen MR) is 127 cm³/mol. The van der Waals surface area contributed by atoms with E-state index in [4.69, 9.17) is 4.74 Å². The van der Waals surface area contributed by atoms with Gasteiger partial charge in [-0.2, -0.15) is 0 Å². The normalized spacial score (nSPS) is 10.9. The summed E-state index contributed by atoms with van der Waals surface area (Å²) in [5.41, 5.74) is 7.77. The summed E-state index contributed by atoms with van der Waals surface area (Å²) in [7, 11) is 0. The van der Waals surface area contributed by atoms with Crippen molar-refractivity contribution in [2.45, 2.75) is 40.5 Å². The second kappa shape index (κ2) is 8.73. The monoisotopic (exact) mass is 414 g/mol. The van der Waals surface area contributed by atoms with Crippen LogP contribution < -0.4 is 4.74 Å². The molecule has 31 heavy (non-hydrogen) atoms. The molecule has 3 rings (SSSR count). The Morgan fingerprint density at radius 3 is 1.77 bits per heavy atom. The number of allylic oxidation sites excluding steroid dienone is 1. The molecule has 0 amide bonds. The van der Waals surface area contributed by atoms with Gasteiger partial charge >= 0.3 is 0 Å². The number of benzene rings is 3. The highest BCUT2D eigenvalue weighted by molar-refractivity contribution is 5.57. The molecule has 0 atom stereocenters. The number of ether oxygens (including phenoxy) is 1. The van der Waals surface area contributed by atoms with Gasteiger partial charge in [-0.1, -0.05) is 37.4 Å². The molecule has 0 spiro atoms. The minimum atomic E-state index is -0.160. The molecular formula is C28H30O3. The maximum absolute atomic E-state index is 10.2. The highest BCUT2D eigenvalue weighted by Gasteiger charge is 2.25. The molecule has 0 fully saturated rings. The zero-order valence-electron chi connectivity index (χ0n) is 18.9. The fraction of sp³-hybridized carbons (Fsp3) is 0.214. The summed E-state index contributed by atoms with van der Waals surface area (Å²) in [5, 5.41) is 20.5. The van der Waals surface area contributed by atoms with E-state index in [2.05, 4.69) is 25.3 Å². The van der Waals surface area contributed by atoms with Crippen LogP contribution in [0, 0.1) is 34.6 Å². The molecule has 0 unspecified atom stereocenters. The van der Waals surface area contributed by atoms with Crippen molar-refractivity contribution >= 4 is 0 Å². The van der Waals surface area contributed by atoms with Gasteiger partial charge in [0.25, 0.3) is 0 Å². The third-order valence-electron chi connectivity index (χ3n) is 5.74. The Morgan fingerprint density at radius 1 is 0.774 bits per heavy atom. The van der Waals surface area contributed by atoms with E-state index in [9.17, 15) is 10.2 Å². The summed E-state index contributed by atoms with van der Waals surface area (Å²) < 4.78 is 6.08. The smallest absolute Gasteiger partial charge is 0.131 e. The molecule has 0 aromatic heterocycles. The Bertz CT molecular complexity index is 1110. The molecule has 0 saturated carbocycles. The van der Waals surface area contributed by atoms with Gasteiger partial charge in [-0.25, -0.2) is 0 Å². The van der Waals surface area contributed by atoms with E-state index in [0.717, 1.165) is 44.5 Å². The number of phenolic OH excluding ortho intramolecular Hbond substituents is 2. The summed E-state index contributed by atoms with van der Waals surface area (Å²) >= 11 is 0. The van der Waals surface area contributed by atoms with Crippen molar-refractivity contribution in [2.24, 2.45) is 0 Å². The molecule has 0 aliphatic heterocycles. The van der Waals surface area contributed by atoms with Gasteiger partial charge in [-0.3, -0.25) is 0 Å². The maximum Gasteiger partial charge on any atom is 0.131 e. The van der Waals surface area contributed by atoms with Crippen LogP contribution in [-0.4, -0.2) is 10.2 Å². The summed E-state index contributed by atoms with van der Waals surface area (Å²) in [5.74, 6) is 1.58. The van der Waals surface area contributed by atoms with E-state index in [1.165, 1.54) is 0 Å². The van der Waals surface area contributed by atoms with Crippen molar-refractivity contribution in [3.8, 4) is 17.2 Å². The van der Waals surface area contributed by atoms with Gasteiger partial charge in [0.15, 0.2) is 0 Å². The highest BCUT2D eigenvalue weighted by atomic mass is 16.5. The largest absolute Gasteiger partial charge is 0.508 e. The van der Waals surface area contributed by atoms with Crippen LogP contribution in [0.3, 0.4) is 0 Å². The predicted octanol–water partition coefficient (Wildman–Crippen LogP) is 6.90. The summed E-state index contributed by atoms with van der Waals surface area (Å²) in [6.45, 7) is 17.5. The second-order valence-corrected chi connectivity index (χ2v) is 8.24. The number of rotatable bonds is 6. The van der Waals surface area contributed by atoms with Crippen LogP contribution in [0.1, 0.15) is 50.4 Å². The van der Waals surface area contributed by atoms with Crippen LogP contribution >= 0.6 is 0 Å². The van der Waals surface area contributed by atoms with E-state index in [1.54, 1.807) is 18.2 Å². The minimum absolute atomic E-state index is 0.160. The van der Waals surface area contributed by atoms with Crippen LogP contribution in [0.2, 0.25) is 0 Å². The maximum atomic E-state index is 10.2. The third kappa shape index (κ3) is 4.51. The molecule has 3 aromatic rings. The molecule has 160 valence electrons. The van der Waals surface area contributed by atoms with Crippen LogP contribution in [0.4, 0.5) is 0 Å². The second-order valence-electron chi connectivity index (χ2n) is 8.24. The van der Waals surface area contributed by atoms with Crippen LogP contribution in [0.5, 0.6) is 17.2 Å². The minimum Gasteiger partial charge on any atom is -0.508 e. The van der Waals surface area contributed by atoms with Gasteiger partial charge in [-0.15, -0.1) is 0 Å². The Kier molecular flexibility index (Phi) is 6.26. The first-order valence-corrected chi connectivity index (χ1v) is 10.3. The van der Waals surface area contributed by atoms with Gasteiger partial charge in [0, 0.05) is 11.5 Å². The molecule has 3 heteroatoms. The number of hydrogen-bond acceptors (Lipinski definition) is 3. The first-order valence-electron chi connectivity index (χ1n) is 10.3. The SMILES string of the molecule is C=CC(=C)Oc1cc(C)ccc1C(c1cc(C)c(O)cc1C)c1cc(C)c(O)cc1C. The fourth-order valence-electron chi connectivity index (χ4n) is 3.92. The van der Waals surface area contributed by atoms with E-state index in [1.807, 2.05) is 52.8 Å². The fourth-order valence-corrected chi connectivity index (χ4v) is 3.92. The lowest BCUT2D eigenvalue weighted by atomic mass is 9.79. The van der Waals surface area contributed by atoms with Crippen molar-refractivity contribution in [2.75, 3.05) is 0 Å². The Morgan fingerprint density at radius 2 is 1.29 bits per heavy atom. The Balaban J connectivity index is 2.36. The van der Waals surface area contributed by atoms with Crippen molar-refractivity contribution in [3.05, 3.63) is 112 Å². The highest BCUT2D eigenvalue weighted by Crippen LogP contribution is 2.43. The van der Waals surface area contributed by atoms with Crippen LogP contribution in [0.25, 0.3) is 0 Å². The topological polar surface area (TPSA) is 49.7 Å². The van der Waals surface area contributed by atoms with Gasteiger partial charge in [0.05, 0.1) is 0 Å². The molecule has 3 nitrogen and oxygen atoms in total. The van der Waals surface area contributed by atoms with Gasteiger partial charge < -0.3 is 14.9 Å². The number of aryl methyl sites for hydroxylation is 5.